The van der Waals surface area contributed by atoms with Gasteiger partial charge < -0.3 is 14.7 Å². The first-order valence-electron chi connectivity index (χ1n) is 5.73. The summed E-state index contributed by atoms with van der Waals surface area (Å²) >= 11 is 0. The molecule has 1 rings (SSSR count). The Bertz CT molecular complexity index is 327. The van der Waals surface area contributed by atoms with E-state index in [1.807, 2.05) is 4.90 Å². The maximum absolute atomic E-state index is 11.2. The van der Waals surface area contributed by atoms with Crippen molar-refractivity contribution in [2.24, 2.45) is 0 Å². The molecule has 1 heterocycles. The Kier molecular flexibility index (Phi) is 5.87. The molecule has 0 aromatic heterocycles. The number of hydrogen-bond acceptors (Lipinski definition) is 6. The number of nitrogens with zero attached hydrogens (tertiary/aromatic N) is 1. The summed E-state index contributed by atoms with van der Waals surface area (Å²) in [5, 5.41) is 8.51. The summed E-state index contributed by atoms with van der Waals surface area (Å²) in [7, 11) is -2.86. The average Bonchev–Trinajstić information content (AvgIpc) is 2.28. The lowest BCUT2D eigenvalue weighted by atomic mass is 10.3. The highest BCUT2D eigenvalue weighted by molar-refractivity contribution is 7.91. The molecule has 0 amide bonds. The zero-order valence-corrected chi connectivity index (χ0v) is 10.6. The molecule has 1 saturated heterocycles. The van der Waals surface area contributed by atoms with Crippen molar-refractivity contribution in [3.63, 3.8) is 0 Å². The zero-order valence-electron chi connectivity index (χ0n) is 9.80. The fraction of sp³-hybridized carbons (Fsp3) is 0.900. The van der Waals surface area contributed by atoms with Gasteiger partial charge in [-0.15, -0.1) is 0 Å². The first-order valence-corrected chi connectivity index (χ1v) is 7.55. The fourth-order valence-corrected chi connectivity index (χ4v) is 2.82. The SMILES string of the molecule is O=C(CCN1CCS(=O)(=O)CC1)OCCCO. The van der Waals surface area contributed by atoms with Crippen LogP contribution < -0.4 is 0 Å². The van der Waals surface area contributed by atoms with Crippen LogP contribution in [-0.4, -0.2) is 68.7 Å². The smallest absolute Gasteiger partial charge is 0.307 e. The third-order valence-corrected chi connectivity index (χ3v) is 4.24. The molecule has 0 spiro atoms. The van der Waals surface area contributed by atoms with Crippen molar-refractivity contribution >= 4 is 15.8 Å². The van der Waals surface area contributed by atoms with Gasteiger partial charge >= 0.3 is 5.97 Å². The third-order valence-electron chi connectivity index (χ3n) is 2.63. The van der Waals surface area contributed by atoms with Crippen molar-refractivity contribution in [1.29, 1.82) is 0 Å². The van der Waals surface area contributed by atoms with Crippen LogP contribution in [0.1, 0.15) is 12.8 Å². The van der Waals surface area contributed by atoms with Crippen LogP contribution in [0.4, 0.5) is 0 Å². The Hall–Kier alpha value is -0.660. The molecule has 1 N–H and O–H groups in total. The summed E-state index contributed by atoms with van der Waals surface area (Å²) in [6.07, 6.45) is 0.721. The molecule has 0 aromatic carbocycles. The molecule has 0 unspecified atom stereocenters. The van der Waals surface area contributed by atoms with Crippen molar-refractivity contribution in [2.75, 3.05) is 44.4 Å². The number of rotatable bonds is 6. The van der Waals surface area contributed by atoms with Gasteiger partial charge in [0.1, 0.15) is 0 Å². The van der Waals surface area contributed by atoms with E-state index >= 15 is 0 Å². The van der Waals surface area contributed by atoms with Crippen LogP contribution in [0.3, 0.4) is 0 Å². The number of aliphatic hydroxyl groups is 1. The van der Waals surface area contributed by atoms with E-state index in [0.717, 1.165) is 0 Å². The van der Waals surface area contributed by atoms with E-state index < -0.39 is 9.84 Å². The van der Waals surface area contributed by atoms with Crippen LogP contribution in [0.15, 0.2) is 0 Å². The molecule has 0 saturated carbocycles. The van der Waals surface area contributed by atoms with Crippen molar-refractivity contribution in [2.45, 2.75) is 12.8 Å². The zero-order chi connectivity index (χ0) is 12.7. The molecule has 7 heteroatoms. The quantitative estimate of drug-likeness (QED) is 0.491. The number of sulfone groups is 1. The van der Waals surface area contributed by atoms with Crippen LogP contribution >= 0.6 is 0 Å². The number of hydrogen-bond donors (Lipinski definition) is 1. The minimum Gasteiger partial charge on any atom is -0.466 e. The van der Waals surface area contributed by atoms with Gasteiger partial charge in [-0.05, 0) is 0 Å². The largest absolute Gasteiger partial charge is 0.466 e. The molecule has 0 bridgehead atoms. The molecule has 0 aromatic rings. The second kappa shape index (κ2) is 6.93. The summed E-state index contributed by atoms with van der Waals surface area (Å²) in [6, 6.07) is 0. The molecular formula is C10H19NO5S. The number of esters is 1. The van der Waals surface area contributed by atoms with Crippen LogP contribution in [-0.2, 0) is 19.4 Å². The van der Waals surface area contributed by atoms with Crippen molar-refractivity contribution in [3.8, 4) is 0 Å². The molecular weight excluding hydrogens is 246 g/mol. The predicted molar refractivity (Wildman–Crippen MR) is 62.4 cm³/mol. The summed E-state index contributed by atoms with van der Waals surface area (Å²) in [5.74, 6) is 0.0472. The van der Waals surface area contributed by atoms with E-state index in [0.29, 0.717) is 26.1 Å². The first-order chi connectivity index (χ1) is 8.03. The highest BCUT2D eigenvalue weighted by Crippen LogP contribution is 2.04. The number of carbonyl (C=O) groups is 1. The van der Waals surface area contributed by atoms with Gasteiger partial charge in [-0.2, -0.15) is 0 Å². The number of carbonyl (C=O) groups excluding carboxylic acids is 1. The molecule has 0 aliphatic carbocycles. The van der Waals surface area contributed by atoms with Crippen LogP contribution in [0.5, 0.6) is 0 Å². The lowest BCUT2D eigenvalue weighted by Gasteiger charge is -2.25. The lowest BCUT2D eigenvalue weighted by Crippen LogP contribution is -2.41. The Labute approximate surface area is 101 Å². The Morgan fingerprint density at radius 1 is 1.29 bits per heavy atom. The van der Waals surface area contributed by atoms with E-state index in [2.05, 4.69) is 0 Å². The summed E-state index contributed by atoms with van der Waals surface area (Å²) in [6.45, 7) is 1.77. The topological polar surface area (TPSA) is 83.9 Å². The molecule has 0 radical (unpaired) electrons. The predicted octanol–water partition coefficient (Wildman–Crippen LogP) is -0.967. The highest BCUT2D eigenvalue weighted by atomic mass is 32.2. The summed E-state index contributed by atoms with van der Waals surface area (Å²) in [5.41, 5.74) is 0. The normalized spacial score (nSPS) is 20.1. The Balaban J connectivity index is 2.13. The molecule has 100 valence electrons. The van der Waals surface area contributed by atoms with Crippen LogP contribution in [0.2, 0.25) is 0 Å². The minimum atomic E-state index is -2.86. The van der Waals surface area contributed by atoms with Gasteiger partial charge in [-0.25, -0.2) is 8.42 Å². The van der Waals surface area contributed by atoms with Gasteiger partial charge in [0.25, 0.3) is 0 Å². The van der Waals surface area contributed by atoms with Crippen molar-refractivity contribution in [1.82, 2.24) is 4.90 Å². The van der Waals surface area contributed by atoms with E-state index in [1.54, 1.807) is 0 Å². The maximum Gasteiger partial charge on any atom is 0.307 e. The van der Waals surface area contributed by atoms with Crippen molar-refractivity contribution in [3.05, 3.63) is 0 Å². The van der Waals surface area contributed by atoms with Crippen LogP contribution in [0.25, 0.3) is 0 Å². The monoisotopic (exact) mass is 265 g/mol. The molecule has 0 atom stereocenters. The lowest BCUT2D eigenvalue weighted by molar-refractivity contribution is -0.144. The van der Waals surface area contributed by atoms with E-state index in [4.69, 9.17) is 9.84 Å². The molecule has 1 fully saturated rings. The Morgan fingerprint density at radius 3 is 2.53 bits per heavy atom. The number of aliphatic hydroxyl groups excluding tert-OH is 1. The van der Waals surface area contributed by atoms with Gasteiger partial charge in [-0.3, -0.25) is 4.79 Å². The van der Waals surface area contributed by atoms with Gasteiger partial charge in [0.15, 0.2) is 9.84 Å². The summed E-state index contributed by atoms with van der Waals surface area (Å²) in [4.78, 5) is 13.2. The second-order valence-corrected chi connectivity index (χ2v) is 6.34. The van der Waals surface area contributed by atoms with E-state index in [-0.39, 0.29) is 37.1 Å². The third kappa shape index (κ3) is 5.99. The van der Waals surface area contributed by atoms with Crippen molar-refractivity contribution < 1.29 is 23.1 Å². The molecule has 1 aliphatic rings. The molecule has 6 nitrogen and oxygen atoms in total. The van der Waals surface area contributed by atoms with E-state index in [1.165, 1.54) is 0 Å². The fourth-order valence-electron chi connectivity index (χ4n) is 1.55. The van der Waals surface area contributed by atoms with Crippen LogP contribution in [0, 0.1) is 0 Å². The minimum absolute atomic E-state index is 0.0112. The molecule has 17 heavy (non-hydrogen) atoms. The van der Waals surface area contributed by atoms with Gasteiger partial charge in [0, 0.05) is 32.7 Å². The van der Waals surface area contributed by atoms with E-state index in [9.17, 15) is 13.2 Å². The summed E-state index contributed by atoms with van der Waals surface area (Å²) < 4.78 is 27.2. The number of ether oxygens (including phenoxy) is 1. The standard InChI is InChI=1S/C10H19NO5S/c12-6-1-7-16-10(13)2-3-11-4-8-17(14,15)9-5-11/h12H,1-9H2. The van der Waals surface area contributed by atoms with Gasteiger partial charge in [0.2, 0.25) is 0 Å². The second-order valence-electron chi connectivity index (χ2n) is 4.04. The average molecular weight is 265 g/mol. The maximum atomic E-state index is 11.2. The highest BCUT2D eigenvalue weighted by Gasteiger charge is 2.21. The van der Waals surface area contributed by atoms with Gasteiger partial charge in [-0.1, -0.05) is 0 Å². The van der Waals surface area contributed by atoms with Gasteiger partial charge in [0.05, 0.1) is 24.5 Å². The Morgan fingerprint density at radius 2 is 1.94 bits per heavy atom. The first kappa shape index (κ1) is 14.4. The molecule has 1 aliphatic heterocycles.